The van der Waals surface area contributed by atoms with Gasteiger partial charge in [-0.15, -0.1) is 11.3 Å². The minimum Gasteiger partial charge on any atom is -0.469 e. The fourth-order valence-corrected chi connectivity index (χ4v) is 5.60. The predicted octanol–water partition coefficient (Wildman–Crippen LogP) is 3.39. The minimum absolute atomic E-state index is 0.0742. The second-order valence-electron chi connectivity index (χ2n) is 7.13. The highest BCUT2D eigenvalue weighted by molar-refractivity contribution is 7.12. The molecule has 1 amide bonds. The van der Waals surface area contributed by atoms with E-state index in [1.165, 1.54) is 17.6 Å². The van der Waals surface area contributed by atoms with Gasteiger partial charge in [-0.3, -0.25) is 9.59 Å². The molecular weight excluding hydrogens is 310 g/mol. The maximum Gasteiger partial charge on any atom is 0.308 e. The smallest absolute Gasteiger partial charge is 0.308 e. The standard InChI is InChI=1S/C18H25NO3S/c1-5-14-10(2)23-11(3)15(14)16(20)19-13-8-18(9-13)6-12(7-18)17(21)22-4/h12-13H,5-9H2,1-4H3,(H,19,20). The van der Waals surface area contributed by atoms with Crippen molar-refractivity contribution in [3.05, 3.63) is 20.9 Å². The number of hydrogen-bond donors (Lipinski definition) is 1. The molecule has 0 atom stereocenters. The third kappa shape index (κ3) is 2.80. The van der Waals surface area contributed by atoms with E-state index in [1.54, 1.807) is 11.3 Å². The van der Waals surface area contributed by atoms with E-state index in [9.17, 15) is 9.59 Å². The van der Waals surface area contributed by atoms with Crippen molar-refractivity contribution in [2.75, 3.05) is 7.11 Å². The van der Waals surface area contributed by atoms with Gasteiger partial charge in [-0.25, -0.2) is 0 Å². The average Bonchev–Trinajstić information content (AvgIpc) is 2.72. The Morgan fingerprint density at radius 3 is 2.43 bits per heavy atom. The Bertz CT molecular complexity index is 635. The van der Waals surface area contributed by atoms with Crippen molar-refractivity contribution in [1.82, 2.24) is 5.32 Å². The minimum atomic E-state index is -0.0833. The fraction of sp³-hybridized carbons (Fsp3) is 0.667. The first-order valence-electron chi connectivity index (χ1n) is 8.36. The van der Waals surface area contributed by atoms with Crippen molar-refractivity contribution in [3.63, 3.8) is 0 Å². The lowest BCUT2D eigenvalue weighted by atomic mass is 9.50. The van der Waals surface area contributed by atoms with Gasteiger partial charge in [0.25, 0.3) is 5.91 Å². The van der Waals surface area contributed by atoms with Crippen LogP contribution in [0.25, 0.3) is 0 Å². The maximum atomic E-state index is 12.6. The number of esters is 1. The molecule has 0 bridgehead atoms. The number of aryl methyl sites for hydroxylation is 2. The number of ether oxygens (including phenoxy) is 1. The van der Waals surface area contributed by atoms with E-state index in [1.807, 2.05) is 6.92 Å². The van der Waals surface area contributed by atoms with E-state index in [4.69, 9.17) is 4.74 Å². The Morgan fingerprint density at radius 2 is 1.87 bits per heavy atom. The van der Waals surface area contributed by atoms with E-state index in [0.29, 0.717) is 0 Å². The van der Waals surface area contributed by atoms with Crippen molar-refractivity contribution < 1.29 is 14.3 Å². The van der Waals surface area contributed by atoms with Gasteiger partial charge in [-0.1, -0.05) is 6.92 Å². The monoisotopic (exact) mass is 335 g/mol. The third-order valence-corrected chi connectivity index (χ3v) is 6.62. The van der Waals surface area contributed by atoms with Gasteiger partial charge in [0.15, 0.2) is 0 Å². The van der Waals surface area contributed by atoms with Crippen LogP contribution in [0.15, 0.2) is 0 Å². The number of methoxy groups -OCH3 is 1. The Kier molecular flexibility index (Phi) is 4.25. The highest BCUT2D eigenvalue weighted by Crippen LogP contribution is 2.59. The molecule has 0 saturated heterocycles. The van der Waals surface area contributed by atoms with E-state index < -0.39 is 0 Å². The van der Waals surface area contributed by atoms with Crippen LogP contribution in [0.3, 0.4) is 0 Å². The Morgan fingerprint density at radius 1 is 1.22 bits per heavy atom. The van der Waals surface area contributed by atoms with Crippen molar-refractivity contribution in [2.45, 2.75) is 58.9 Å². The average molecular weight is 335 g/mol. The van der Waals surface area contributed by atoms with Crippen molar-refractivity contribution in [2.24, 2.45) is 11.3 Å². The molecule has 3 rings (SSSR count). The molecule has 2 aliphatic rings. The Labute approximate surface area is 141 Å². The molecule has 23 heavy (non-hydrogen) atoms. The zero-order chi connectivity index (χ0) is 16.8. The molecule has 4 nitrogen and oxygen atoms in total. The largest absolute Gasteiger partial charge is 0.469 e. The Hall–Kier alpha value is -1.36. The summed E-state index contributed by atoms with van der Waals surface area (Å²) in [5, 5.41) is 3.19. The summed E-state index contributed by atoms with van der Waals surface area (Å²) in [6.07, 6.45) is 4.73. The second-order valence-corrected chi connectivity index (χ2v) is 8.56. The number of rotatable bonds is 4. The van der Waals surface area contributed by atoms with Crippen LogP contribution >= 0.6 is 11.3 Å². The molecule has 2 aliphatic carbocycles. The second kappa shape index (κ2) is 5.93. The lowest BCUT2D eigenvalue weighted by Gasteiger charge is -2.56. The predicted molar refractivity (Wildman–Crippen MR) is 90.8 cm³/mol. The molecule has 1 spiro atoms. The van der Waals surface area contributed by atoms with E-state index >= 15 is 0 Å². The molecule has 0 unspecified atom stereocenters. The van der Waals surface area contributed by atoms with E-state index in [-0.39, 0.29) is 29.3 Å². The molecule has 1 N–H and O–H groups in total. The summed E-state index contributed by atoms with van der Waals surface area (Å²) >= 11 is 1.71. The van der Waals surface area contributed by atoms with Crippen molar-refractivity contribution >= 4 is 23.2 Å². The molecule has 126 valence electrons. The number of amides is 1. The first-order chi connectivity index (χ1) is 10.9. The summed E-state index contributed by atoms with van der Waals surface area (Å²) in [6, 6.07) is 0.255. The third-order valence-electron chi connectivity index (χ3n) is 5.55. The van der Waals surface area contributed by atoms with Crippen LogP contribution in [-0.4, -0.2) is 25.0 Å². The van der Waals surface area contributed by atoms with Gasteiger partial charge < -0.3 is 10.1 Å². The molecule has 0 aromatic carbocycles. The van der Waals surface area contributed by atoms with Crippen molar-refractivity contribution in [1.29, 1.82) is 0 Å². The molecule has 5 heteroatoms. The summed E-state index contributed by atoms with van der Waals surface area (Å²) in [6.45, 7) is 6.22. The van der Waals surface area contributed by atoms with Gasteiger partial charge in [0, 0.05) is 15.8 Å². The fourth-order valence-electron chi connectivity index (χ4n) is 4.45. The van der Waals surface area contributed by atoms with E-state index in [2.05, 4.69) is 19.2 Å². The summed E-state index contributed by atoms with van der Waals surface area (Å²) in [5.74, 6) is 0.0672. The zero-order valence-electron chi connectivity index (χ0n) is 14.3. The van der Waals surface area contributed by atoms with Gasteiger partial charge in [-0.05, 0) is 56.9 Å². The van der Waals surface area contributed by atoms with Gasteiger partial charge in [-0.2, -0.15) is 0 Å². The lowest BCUT2D eigenvalue weighted by Crippen LogP contribution is -2.57. The topological polar surface area (TPSA) is 55.4 Å². The number of hydrogen-bond acceptors (Lipinski definition) is 4. The number of nitrogens with one attached hydrogen (secondary N) is 1. The van der Waals surface area contributed by atoms with Gasteiger partial charge in [0.2, 0.25) is 0 Å². The van der Waals surface area contributed by atoms with Crippen LogP contribution in [0.5, 0.6) is 0 Å². The van der Waals surface area contributed by atoms with Crippen LogP contribution < -0.4 is 5.32 Å². The normalized spacial score (nSPS) is 28.9. The first-order valence-corrected chi connectivity index (χ1v) is 9.18. The summed E-state index contributed by atoms with van der Waals surface area (Å²) in [4.78, 5) is 26.5. The molecule has 1 heterocycles. The van der Waals surface area contributed by atoms with Crippen LogP contribution in [0.1, 0.15) is 58.3 Å². The number of thiophene rings is 1. The zero-order valence-corrected chi connectivity index (χ0v) is 15.1. The highest BCUT2D eigenvalue weighted by Gasteiger charge is 2.55. The first kappa shape index (κ1) is 16.5. The molecule has 1 aromatic rings. The summed E-state index contributed by atoms with van der Waals surface area (Å²) in [7, 11) is 1.45. The molecule has 0 aliphatic heterocycles. The van der Waals surface area contributed by atoms with Crippen molar-refractivity contribution in [3.8, 4) is 0 Å². The van der Waals surface area contributed by atoms with Crippen LogP contribution in [0.4, 0.5) is 0 Å². The maximum absolute atomic E-state index is 12.6. The SMILES string of the molecule is CCc1c(C)sc(C)c1C(=O)NC1CC2(C1)CC(C(=O)OC)C2. The summed E-state index contributed by atoms with van der Waals surface area (Å²) in [5.41, 5.74) is 2.36. The highest BCUT2D eigenvalue weighted by atomic mass is 32.1. The molecule has 1 aromatic heterocycles. The lowest BCUT2D eigenvalue weighted by molar-refractivity contribution is -0.159. The molecule has 0 radical (unpaired) electrons. The summed E-state index contributed by atoms with van der Waals surface area (Å²) < 4.78 is 4.80. The number of carbonyl (C=O) groups excluding carboxylic acids is 2. The van der Waals surface area contributed by atoms with Crippen LogP contribution in [0, 0.1) is 25.2 Å². The van der Waals surface area contributed by atoms with E-state index in [0.717, 1.165) is 42.5 Å². The van der Waals surface area contributed by atoms with Crippen LogP contribution in [-0.2, 0) is 16.0 Å². The number of carbonyl (C=O) groups is 2. The Balaban J connectivity index is 1.55. The molecule has 2 fully saturated rings. The molecule has 2 saturated carbocycles. The van der Waals surface area contributed by atoms with Gasteiger partial charge >= 0.3 is 5.97 Å². The van der Waals surface area contributed by atoms with Gasteiger partial charge in [0.1, 0.15) is 0 Å². The van der Waals surface area contributed by atoms with Gasteiger partial charge in [0.05, 0.1) is 18.6 Å². The van der Waals surface area contributed by atoms with Crippen LogP contribution in [0.2, 0.25) is 0 Å². The quantitative estimate of drug-likeness (QED) is 0.858. The molecular formula is C18H25NO3S.